The third kappa shape index (κ3) is 2.51. The summed E-state index contributed by atoms with van der Waals surface area (Å²) in [5.41, 5.74) is 2.83. The van der Waals surface area contributed by atoms with Gasteiger partial charge in [0.1, 0.15) is 0 Å². The van der Waals surface area contributed by atoms with E-state index in [1.807, 2.05) is 0 Å². The number of aromatic carboxylic acids is 1. The highest BCUT2D eigenvalue weighted by Gasteiger charge is 2.24. The van der Waals surface area contributed by atoms with Crippen LogP contribution in [0.4, 0.5) is 0 Å². The van der Waals surface area contributed by atoms with Gasteiger partial charge in [-0.3, -0.25) is 4.98 Å². The van der Waals surface area contributed by atoms with Crippen LogP contribution in [0.5, 0.6) is 0 Å². The molecule has 0 saturated heterocycles. The van der Waals surface area contributed by atoms with Crippen LogP contribution in [-0.2, 0) is 19.3 Å². The summed E-state index contributed by atoms with van der Waals surface area (Å²) in [6.45, 7) is 4.16. The van der Waals surface area contributed by atoms with E-state index in [9.17, 15) is 9.90 Å². The summed E-state index contributed by atoms with van der Waals surface area (Å²) in [4.78, 5) is 16.0. The van der Waals surface area contributed by atoms with Crippen molar-refractivity contribution in [1.82, 2.24) is 4.98 Å². The topological polar surface area (TPSA) is 50.2 Å². The maximum Gasteiger partial charge on any atom is 0.337 e. The first-order valence-electron chi connectivity index (χ1n) is 6.44. The highest BCUT2D eigenvalue weighted by Crippen LogP contribution is 2.31. The Labute approximate surface area is 112 Å². The van der Waals surface area contributed by atoms with Gasteiger partial charge < -0.3 is 5.11 Å². The molecule has 1 N–H and O–H groups in total. The summed E-state index contributed by atoms with van der Waals surface area (Å²) in [6.07, 6.45) is 4.49. The van der Waals surface area contributed by atoms with Crippen molar-refractivity contribution in [2.45, 2.75) is 46.0 Å². The van der Waals surface area contributed by atoms with Crippen molar-refractivity contribution in [2.75, 3.05) is 0 Å². The molecule has 0 bridgehead atoms. The summed E-state index contributed by atoms with van der Waals surface area (Å²) in [5.74, 6) is -0.510. The molecule has 18 heavy (non-hydrogen) atoms. The van der Waals surface area contributed by atoms with Gasteiger partial charge in [-0.25, -0.2) is 4.79 Å². The Morgan fingerprint density at radius 1 is 1.39 bits per heavy atom. The number of halogens is 1. The number of aromatic nitrogens is 1. The number of hydrogen-bond acceptors (Lipinski definition) is 2. The highest BCUT2D eigenvalue weighted by molar-refractivity contribution is 6.34. The number of aryl methyl sites for hydroxylation is 1. The molecule has 0 fully saturated rings. The SMILES string of the molecule is CC(C)Cc1nc2c(c(C(=O)O)c1Cl)CCCC2. The molecule has 0 radical (unpaired) electrons. The third-order valence-corrected chi connectivity index (χ3v) is 3.71. The van der Waals surface area contributed by atoms with E-state index in [-0.39, 0.29) is 5.56 Å². The molecule has 1 aliphatic rings. The Morgan fingerprint density at radius 2 is 2.06 bits per heavy atom. The lowest BCUT2D eigenvalue weighted by molar-refractivity contribution is 0.0695. The molecule has 0 atom stereocenters. The van der Waals surface area contributed by atoms with Gasteiger partial charge in [0, 0.05) is 5.69 Å². The number of carbonyl (C=O) groups is 1. The van der Waals surface area contributed by atoms with Crippen LogP contribution in [0.25, 0.3) is 0 Å². The van der Waals surface area contributed by atoms with E-state index in [4.69, 9.17) is 11.6 Å². The van der Waals surface area contributed by atoms with Gasteiger partial charge in [0.2, 0.25) is 0 Å². The van der Waals surface area contributed by atoms with Gasteiger partial charge in [0.05, 0.1) is 16.3 Å². The van der Waals surface area contributed by atoms with Gasteiger partial charge in [-0.05, 0) is 43.6 Å². The van der Waals surface area contributed by atoms with Crippen LogP contribution in [0.3, 0.4) is 0 Å². The number of nitrogens with zero attached hydrogens (tertiary/aromatic N) is 1. The molecule has 1 aromatic heterocycles. The Hall–Kier alpha value is -1.09. The molecule has 4 heteroatoms. The van der Waals surface area contributed by atoms with Crippen LogP contribution in [0, 0.1) is 5.92 Å². The van der Waals surface area contributed by atoms with Gasteiger partial charge >= 0.3 is 5.97 Å². The van der Waals surface area contributed by atoms with Crippen LogP contribution in [0.15, 0.2) is 0 Å². The predicted molar refractivity (Wildman–Crippen MR) is 71.4 cm³/mol. The molecule has 0 aliphatic heterocycles. The highest BCUT2D eigenvalue weighted by atomic mass is 35.5. The summed E-state index contributed by atoms with van der Waals surface area (Å²) < 4.78 is 0. The molecule has 0 unspecified atom stereocenters. The first-order chi connectivity index (χ1) is 8.50. The van der Waals surface area contributed by atoms with Crippen LogP contribution in [0.1, 0.15) is 54.0 Å². The molecule has 98 valence electrons. The van der Waals surface area contributed by atoms with Gasteiger partial charge in [-0.1, -0.05) is 25.4 Å². The molecule has 1 heterocycles. The van der Waals surface area contributed by atoms with E-state index in [2.05, 4.69) is 18.8 Å². The molecule has 0 aromatic carbocycles. The Bertz CT molecular complexity index is 483. The molecule has 1 aromatic rings. The van der Waals surface area contributed by atoms with Crippen molar-refractivity contribution < 1.29 is 9.90 Å². The van der Waals surface area contributed by atoms with Crippen molar-refractivity contribution >= 4 is 17.6 Å². The second kappa shape index (κ2) is 5.27. The summed E-state index contributed by atoms with van der Waals surface area (Å²) >= 11 is 6.24. The van der Waals surface area contributed by atoms with Crippen molar-refractivity contribution in [3.63, 3.8) is 0 Å². The summed E-state index contributed by atoms with van der Waals surface area (Å²) in [6, 6.07) is 0. The zero-order chi connectivity index (χ0) is 13.3. The van der Waals surface area contributed by atoms with E-state index in [1.54, 1.807) is 0 Å². The van der Waals surface area contributed by atoms with Gasteiger partial charge in [0.25, 0.3) is 0 Å². The van der Waals surface area contributed by atoms with Crippen molar-refractivity contribution in [1.29, 1.82) is 0 Å². The lowest BCUT2D eigenvalue weighted by atomic mass is 9.90. The molecule has 0 saturated carbocycles. The van der Waals surface area contributed by atoms with E-state index in [0.717, 1.165) is 49.1 Å². The maximum atomic E-state index is 11.4. The van der Waals surface area contributed by atoms with Crippen molar-refractivity contribution in [3.8, 4) is 0 Å². The molecule has 2 rings (SSSR count). The van der Waals surface area contributed by atoms with E-state index >= 15 is 0 Å². The number of carboxylic acid groups (broad SMARTS) is 1. The quantitative estimate of drug-likeness (QED) is 0.912. The molecular formula is C14H18ClNO2. The second-order valence-electron chi connectivity index (χ2n) is 5.28. The minimum absolute atomic E-state index is 0.289. The van der Waals surface area contributed by atoms with Crippen LogP contribution in [-0.4, -0.2) is 16.1 Å². The number of hydrogen-bond donors (Lipinski definition) is 1. The Kier molecular flexibility index (Phi) is 3.91. The number of carboxylic acids is 1. The minimum atomic E-state index is -0.925. The zero-order valence-electron chi connectivity index (χ0n) is 10.8. The van der Waals surface area contributed by atoms with E-state index in [1.165, 1.54) is 0 Å². The van der Waals surface area contributed by atoms with Crippen LogP contribution < -0.4 is 0 Å². The minimum Gasteiger partial charge on any atom is -0.478 e. The first kappa shape index (κ1) is 13.3. The Morgan fingerprint density at radius 3 is 2.67 bits per heavy atom. The number of pyridine rings is 1. The smallest absolute Gasteiger partial charge is 0.337 e. The average Bonchev–Trinajstić information content (AvgIpc) is 2.29. The fourth-order valence-electron chi connectivity index (χ4n) is 2.52. The van der Waals surface area contributed by atoms with Gasteiger partial charge in [-0.15, -0.1) is 0 Å². The fraction of sp³-hybridized carbons (Fsp3) is 0.571. The van der Waals surface area contributed by atoms with Gasteiger partial charge in [-0.2, -0.15) is 0 Å². The fourth-order valence-corrected chi connectivity index (χ4v) is 2.83. The van der Waals surface area contributed by atoms with Crippen molar-refractivity contribution in [3.05, 3.63) is 27.5 Å². The third-order valence-electron chi connectivity index (χ3n) is 3.30. The normalized spacial score (nSPS) is 14.7. The average molecular weight is 268 g/mol. The predicted octanol–water partition coefficient (Wildman–Crippen LogP) is 3.51. The Balaban J connectivity index is 2.57. The molecule has 0 spiro atoms. The van der Waals surface area contributed by atoms with E-state index in [0.29, 0.717) is 10.9 Å². The lowest BCUT2D eigenvalue weighted by Crippen LogP contribution is -2.16. The first-order valence-corrected chi connectivity index (χ1v) is 6.82. The van der Waals surface area contributed by atoms with Crippen molar-refractivity contribution in [2.24, 2.45) is 5.92 Å². The standard InChI is InChI=1S/C14H18ClNO2/c1-8(2)7-11-13(15)12(14(17)18)9-5-3-4-6-10(9)16-11/h8H,3-7H2,1-2H3,(H,17,18). The van der Waals surface area contributed by atoms with Crippen LogP contribution >= 0.6 is 11.6 Å². The molecule has 1 aliphatic carbocycles. The van der Waals surface area contributed by atoms with Crippen LogP contribution in [0.2, 0.25) is 5.02 Å². The number of rotatable bonds is 3. The maximum absolute atomic E-state index is 11.4. The molecule has 3 nitrogen and oxygen atoms in total. The monoisotopic (exact) mass is 267 g/mol. The zero-order valence-corrected chi connectivity index (χ0v) is 11.5. The summed E-state index contributed by atoms with van der Waals surface area (Å²) in [5, 5.41) is 9.71. The second-order valence-corrected chi connectivity index (χ2v) is 5.66. The number of fused-ring (bicyclic) bond motifs is 1. The van der Waals surface area contributed by atoms with Gasteiger partial charge in [0.15, 0.2) is 0 Å². The molecule has 0 amide bonds. The molecular weight excluding hydrogens is 250 g/mol. The van der Waals surface area contributed by atoms with E-state index < -0.39 is 5.97 Å². The lowest BCUT2D eigenvalue weighted by Gasteiger charge is -2.20. The summed E-state index contributed by atoms with van der Waals surface area (Å²) in [7, 11) is 0. The largest absolute Gasteiger partial charge is 0.478 e.